The van der Waals surface area contributed by atoms with Gasteiger partial charge >= 0.3 is 11.9 Å². The maximum absolute atomic E-state index is 11.6. The van der Waals surface area contributed by atoms with E-state index in [-0.39, 0.29) is 23.7 Å². The minimum atomic E-state index is -1.24. The Morgan fingerprint density at radius 1 is 1.10 bits per heavy atom. The number of likely N-dealkylation sites (N-methyl/N-ethyl adjacent to an activating group) is 1. The highest BCUT2D eigenvalue weighted by molar-refractivity contribution is 8.13. The molecule has 0 aromatic rings. The monoisotopic (exact) mass is 320 g/mol. The summed E-state index contributed by atoms with van der Waals surface area (Å²) in [6.45, 7) is 3.50. The second kappa shape index (κ2) is 10.2. The lowest BCUT2D eigenvalue weighted by atomic mass is 10.1. The van der Waals surface area contributed by atoms with Gasteiger partial charge in [-0.3, -0.25) is 14.4 Å². The summed E-state index contributed by atoms with van der Waals surface area (Å²) < 4.78 is 0. The fraction of sp³-hybridized carbons (Fsp3) is 0.667. The zero-order chi connectivity index (χ0) is 16.4. The maximum atomic E-state index is 11.6. The molecule has 0 rings (SSSR count). The van der Waals surface area contributed by atoms with Crippen LogP contribution in [0.3, 0.4) is 0 Å². The summed E-state index contributed by atoms with van der Waals surface area (Å²) in [6.07, 6.45) is -0.0559. The lowest BCUT2D eigenvalue weighted by Crippen LogP contribution is -2.44. The number of carboxylic acids is 2. The van der Waals surface area contributed by atoms with Crippen molar-refractivity contribution in [2.24, 2.45) is 0 Å². The quantitative estimate of drug-likeness (QED) is 0.430. The van der Waals surface area contributed by atoms with Crippen LogP contribution in [-0.4, -0.2) is 57.6 Å². The number of carbonyl (C=O) groups excluding carboxylic acids is 2. The lowest BCUT2D eigenvalue weighted by Gasteiger charge is -2.15. The molecule has 120 valence electrons. The summed E-state index contributed by atoms with van der Waals surface area (Å²) in [6, 6.07) is -2.02. The molecule has 0 fully saturated rings. The minimum Gasteiger partial charge on any atom is -0.480 e. The van der Waals surface area contributed by atoms with E-state index in [2.05, 4.69) is 10.6 Å². The minimum absolute atomic E-state index is 0.0567. The van der Waals surface area contributed by atoms with E-state index in [0.29, 0.717) is 6.54 Å². The van der Waals surface area contributed by atoms with Gasteiger partial charge in [0.1, 0.15) is 12.1 Å². The van der Waals surface area contributed by atoms with Crippen LogP contribution in [0.4, 0.5) is 0 Å². The predicted molar refractivity (Wildman–Crippen MR) is 77.0 cm³/mol. The van der Waals surface area contributed by atoms with Gasteiger partial charge in [0.15, 0.2) is 5.12 Å². The van der Waals surface area contributed by atoms with Crippen LogP contribution in [0.15, 0.2) is 0 Å². The Balaban J connectivity index is 4.33. The molecular weight excluding hydrogens is 300 g/mol. The summed E-state index contributed by atoms with van der Waals surface area (Å²) in [4.78, 5) is 44.3. The normalized spacial score (nSPS) is 13.2. The number of thioether (sulfide) groups is 1. The van der Waals surface area contributed by atoms with Crippen molar-refractivity contribution in [3.8, 4) is 0 Å². The number of nitrogens with one attached hydrogen (secondary N) is 2. The molecule has 0 aromatic carbocycles. The van der Waals surface area contributed by atoms with E-state index in [9.17, 15) is 19.2 Å². The first kappa shape index (κ1) is 19.4. The summed E-state index contributed by atoms with van der Waals surface area (Å²) in [5.74, 6) is -2.92. The van der Waals surface area contributed by atoms with Crippen molar-refractivity contribution < 1.29 is 29.4 Å². The third kappa shape index (κ3) is 9.03. The molecule has 0 aromatic heterocycles. The van der Waals surface area contributed by atoms with Crippen LogP contribution in [0.2, 0.25) is 0 Å². The molecule has 2 atom stereocenters. The van der Waals surface area contributed by atoms with E-state index in [4.69, 9.17) is 10.2 Å². The Morgan fingerprint density at radius 2 is 1.67 bits per heavy atom. The molecule has 0 radical (unpaired) electrons. The van der Waals surface area contributed by atoms with Crippen LogP contribution in [0.25, 0.3) is 0 Å². The number of hydrogen-bond acceptors (Lipinski definition) is 6. The zero-order valence-electron chi connectivity index (χ0n) is 11.9. The number of aliphatic carboxylic acids is 2. The smallest absolute Gasteiger partial charge is 0.327 e. The molecule has 0 spiro atoms. The van der Waals surface area contributed by atoms with E-state index in [0.717, 1.165) is 11.8 Å². The SMILES string of the molecule is CCN[C@@H](CCC(=O)N[C@@H](CSC(C)=O)C(=O)O)C(=O)O. The average Bonchev–Trinajstić information content (AvgIpc) is 2.38. The first-order chi connectivity index (χ1) is 9.77. The van der Waals surface area contributed by atoms with E-state index in [1.807, 2.05) is 0 Å². The molecule has 21 heavy (non-hydrogen) atoms. The molecule has 0 aliphatic rings. The zero-order valence-corrected chi connectivity index (χ0v) is 12.7. The second-order valence-corrected chi connectivity index (χ2v) is 5.45. The van der Waals surface area contributed by atoms with Gasteiger partial charge in [-0.05, 0) is 13.0 Å². The van der Waals surface area contributed by atoms with E-state index in [1.165, 1.54) is 6.92 Å². The largest absolute Gasteiger partial charge is 0.480 e. The third-order valence-electron chi connectivity index (χ3n) is 2.50. The van der Waals surface area contributed by atoms with Gasteiger partial charge in [-0.2, -0.15) is 0 Å². The van der Waals surface area contributed by atoms with Crippen molar-refractivity contribution >= 4 is 34.7 Å². The highest BCUT2D eigenvalue weighted by Gasteiger charge is 2.22. The highest BCUT2D eigenvalue weighted by atomic mass is 32.2. The molecule has 4 N–H and O–H groups in total. The molecule has 0 aliphatic heterocycles. The molecule has 0 heterocycles. The molecule has 9 heteroatoms. The summed E-state index contributed by atoms with van der Waals surface area (Å²) in [5.41, 5.74) is 0. The fourth-order valence-electron chi connectivity index (χ4n) is 1.48. The van der Waals surface area contributed by atoms with Gasteiger partial charge < -0.3 is 20.8 Å². The van der Waals surface area contributed by atoms with Crippen molar-refractivity contribution in [3.63, 3.8) is 0 Å². The number of hydrogen-bond donors (Lipinski definition) is 4. The number of carboxylic acid groups (broad SMARTS) is 2. The average molecular weight is 320 g/mol. The van der Waals surface area contributed by atoms with Crippen molar-refractivity contribution in [2.75, 3.05) is 12.3 Å². The van der Waals surface area contributed by atoms with Gasteiger partial charge in [0.05, 0.1) is 0 Å². The summed E-state index contributed by atoms with van der Waals surface area (Å²) in [5, 5.41) is 22.6. The Hall–Kier alpha value is -1.61. The predicted octanol–water partition coefficient (Wildman–Crippen LogP) is -0.322. The van der Waals surface area contributed by atoms with Crippen molar-refractivity contribution in [2.45, 2.75) is 38.8 Å². The van der Waals surface area contributed by atoms with Crippen molar-refractivity contribution in [1.29, 1.82) is 0 Å². The third-order valence-corrected chi connectivity index (χ3v) is 3.40. The van der Waals surface area contributed by atoms with Crippen LogP contribution in [0.1, 0.15) is 26.7 Å². The van der Waals surface area contributed by atoms with Gasteiger partial charge in [0.2, 0.25) is 5.91 Å². The van der Waals surface area contributed by atoms with E-state index >= 15 is 0 Å². The lowest BCUT2D eigenvalue weighted by molar-refractivity contribution is -0.142. The molecule has 0 saturated heterocycles. The Bertz CT molecular complexity index is 401. The van der Waals surface area contributed by atoms with Crippen molar-refractivity contribution in [1.82, 2.24) is 10.6 Å². The van der Waals surface area contributed by atoms with Crippen LogP contribution < -0.4 is 10.6 Å². The summed E-state index contributed by atoms with van der Waals surface area (Å²) in [7, 11) is 0. The molecule has 0 unspecified atom stereocenters. The first-order valence-electron chi connectivity index (χ1n) is 6.39. The van der Waals surface area contributed by atoms with Crippen LogP contribution in [-0.2, 0) is 19.2 Å². The first-order valence-corrected chi connectivity index (χ1v) is 7.38. The van der Waals surface area contributed by atoms with Gasteiger partial charge in [-0.25, -0.2) is 4.79 Å². The standard InChI is InChI=1S/C12H20N2O6S/c1-3-13-8(11(17)18)4-5-10(16)14-9(12(19)20)6-21-7(2)15/h8-9,13H,3-6H2,1-2H3,(H,14,16)(H,17,18)(H,19,20)/t8-,9-/m0/s1. The van der Waals surface area contributed by atoms with E-state index < -0.39 is 29.9 Å². The molecule has 8 nitrogen and oxygen atoms in total. The van der Waals surface area contributed by atoms with Crippen LogP contribution >= 0.6 is 11.8 Å². The Kier molecular flexibility index (Phi) is 9.39. The van der Waals surface area contributed by atoms with Crippen LogP contribution in [0, 0.1) is 0 Å². The highest BCUT2D eigenvalue weighted by Crippen LogP contribution is 2.05. The number of amides is 1. The maximum Gasteiger partial charge on any atom is 0.327 e. The molecule has 0 bridgehead atoms. The van der Waals surface area contributed by atoms with Gasteiger partial charge in [-0.15, -0.1) is 0 Å². The van der Waals surface area contributed by atoms with Gasteiger partial charge in [0, 0.05) is 19.1 Å². The molecule has 0 saturated carbocycles. The Morgan fingerprint density at radius 3 is 2.10 bits per heavy atom. The molecule has 0 aliphatic carbocycles. The van der Waals surface area contributed by atoms with Crippen LogP contribution in [0.5, 0.6) is 0 Å². The fourth-order valence-corrected chi connectivity index (χ4v) is 2.10. The van der Waals surface area contributed by atoms with E-state index in [1.54, 1.807) is 6.92 Å². The van der Waals surface area contributed by atoms with Gasteiger partial charge in [-0.1, -0.05) is 18.7 Å². The van der Waals surface area contributed by atoms with Crippen molar-refractivity contribution in [3.05, 3.63) is 0 Å². The summed E-state index contributed by atoms with van der Waals surface area (Å²) >= 11 is 0.806. The molecule has 1 amide bonds. The number of carbonyl (C=O) groups is 4. The second-order valence-electron chi connectivity index (χ2n) is 4.25. The topological polar surface area (TPSA) is 133 Å². The van der Waals surface area contributed by atoms with Gasteiger partial charge in [0.25, 0.3) is 0 Å². The Labute approximate surface area is 126 Å². The number of rotatable bonds is 10. The molecular formula is C12H20N2O6S.